The topological polar surface area (TPSA) is 46.5 Å². The van der Waals surface area contributed by atoms with Gasteiger partial charge in [0.15, 0.2) is 11.6 Å². The van der Waals surface area contributed by atoms with Crippen LogP contribution in [0, 0.1) is 0 Å². The Labute approximate surface area is 83.0 Å². The van der Waals surface area contributed by atoms with Gasteiger partial charge < -0.3 is 9.55 Å². The Kier molecular flexibility index (Phi) is 2.62. The highest BCUT2D eigenvalue weighted by Crippen LogP contribution is 2.12. The first-order valence-electron chi connectivity index (χ1n) is 4.92. The number of unbranched alkanes of at least 4 members (excludes halogenated alkanes) is 1. The summed E-state index contributed by atoms with van der Waals surface area (Å²) in [6.07, 6.45) is 9.73. The summed E-state index contributed by atoms with van der Waals surface area (Å²) >= 11 is 0. The number of hydrogen-bond acceptors (Lipinski definition) is 2. The van der Waals surface area contributed by atoms with E-state index >= 15 is 0 Å². The van der Waals surface area contributed by atoms with Crippen molar-refractivity contribution >= 4 is 0 Å². The average molecular weight is 190 g/mol. The summed E-state index contributed by atoms with van der Waals surface area (Å²) in [5.41, 5.74) is 0. The van der Waals surface area contributed by atoms with Crippen molar-refractivity contribution in [1.29, 1.82) is 0 Å². The Bertz CT molecular complexity index is 374. The third-order valence-corrected chi connectivity index (χ3v) is 2.18. The summed E-state index contributed by atoms with van der Waals surface area (Å²) in [5.74, 6) is 1.76. The molecule has 4 nitrogen and oxygen atoms in total. The zero-order valence-corrected chi connectivity index (χ0v) is 8.27. The number of aromatic amines is 1. The van der Waals surface area contributed by atoms with Crippen LogP contribution >= 0.6 is 0 Å². The molecule has 0 spiro atoms. The number of aryl methyl sites for hydroxylation is 1. The van der Waals surface area contributed by atoms with Crippen molar-refractivity contribution in [1.82, 2.24) is 19.5 Å². The lowest BCUT2D eigenvalue weighted by Gasteiger charge is -2.03. The Morgan fingerprint density at radius 2 is 2.29 bits per heavy atom. The number of imidazole rings is 2. The molecule has 0 atom stereocenters. The first-order valence-corrected chi connectivity index (χ1v) is 4.92. The van der Waals surface area contributed by atoms with E-state index in [4.69, 9.17) is 0 Å². The molecule has 0 aliphatic heterocycles. The summed E-state index contributed by atoms with van der Waals surface area (Å²) in [6, 6.07) is 0. The van der Waals surface area contributed by atoms with Crippen LogP contribution in [0.3, 0.4) is 0 Å². The highest BCUT2D eigenvalue weighted by Gasteiger charge is 2.06. The van der Waals surface area contributed by atoms with Gasteiger partial charge in [0.2, 0.25) is 0 Å². The van der Waals surface area contributed by atoms with Crippen LogP contribution in [0.25, 0.3) is 11.6 Å². The molecular weight excluding hydrogens is 176 g/mol. The lowest BCUT2D eigenvalue weighted by atomic mass is 10.3. The molecule has 0 aliphatic rings. The van der Waals surface area contributed by atoms with Crippen LogP contribution < -0.4 is 0 Å². The van der Waals surface area contributed by atoms with Crippen LogP contribution in [0.2, 0.25) is 0 Å². The van der Waals surface area contributed by atoms with Gasteiger partial charge in [-0.3, -0.25) is 0 Å². The van der Waals surface area contributed by atoms with Gasteiger partial charge in [-0.15, -0.1) is 0 Å². The van der Waals surface area contributed by atoms with E-state index < -0.39 is 0 Å². The number of nitrogens with one attached hydrogen (secondary N) is 1. The molecule has 2 rings (SSSR count). The zero-order chi connectivity index (χ0) is 9.80. The van der Waals surface area contributed by atoms with Gasteiger partial charge in [0.05, 0.1) is 0 Å². The fourth-order valence-corrected chi connectivity index (χ4v) is 1.42. The van der Waals surface area contributed by atoms with Crippen molar-refractivity contribution in [2.45, 2.75) is 26.3 Å². The highest BCUT2D eigenvalue weighted by atomic mass is 15.1. The third-order valence-electron chi connectivity index (χ3n) is 2.18. The van der Waals surface area contributed by atoms with E-state index in [0.29, 0.717) is 0 Å². The minimum atomic E-state index is 0.839. The van der Waals surface area contributed by atoms with Gasteiger partial charge in [-0.05, 0) is 6.42 Å². The second-order valence-electron chi connectivity index (χ2n) is 3.24. The molecule has 0 unspecified atom stereocenters. The van der Waals surface area contributed by atoms with E-state index in [9.17, 15) is 0 Å². The SMILES string of the molecule is CCCCn1ccnc1-c1ncc[nH]1. The predicted molar refractivity (Wildman–Crippen MR) is 54.7 cm³/mol. The van der Waals surface area contributed by atoms with Crippen LogP contribution in [0.5, 0.6) is 0 Å². The number of aromatic nitrogens is 4. The van der Waals surface area contributed by atoms with Gasteiger partial charge in [0.1, 0.15) is 0 Å². The Hall–Kier alpha value is -1.58. The van der Waals surface area contributed by atoms with Crippen LogP contribution in [0.4, 0.5) is 0 Å². The molecule has 0 amide bonds. The van der Waals surface area contributed by atoms with Crippen molar-refractivity contribution in [3.05, 3.63) is 24.8 Å². The van der Waals surface area contributed by atoms with Crippen molar-refractivity contribution in [3.63, 3.8) is 0 Å². The molecule has 0 bridgehead atoms. The maximum atomic E-state index is 4.28. The highest BCUT2D eigenvalue weighted by molar-refractivity contribution is 5.43. The smallest absolute Gasteiger partial charge is 0.176 e. The molecule has 4 heteroatoms. The van der Waals surface area contributed by atoms with Gasteiger partial charge in [0, 0.05) is 31.3 Å². The van der Waals surface area contributed by atoms with E-state index in [1.54, 1.807) is 6.20 Å². The lowest BCUT2D eigenvalue weighted by Crippen LogP contribution is -2.00. The van der Waals surface area contributed by atoms with E-state index in [-0.39, 0.29) is 0 Å². The zero-order valence-electron chi connectivity index (χ0n) is 8.27. The standard InChI is InChI=1S/C10H14N4/c1-2-3-7-14-8-6-13-10(14)9-11-4-5-12-9/h4-6,8H,2-3,7H2,1H3,(H,11,12). The molecule has 74 valence electrons. The van der Waals surface area contributed by atoms with Crippen LogP contribution in [0.15, 0.2) is 24.8 Å². The van der Waals surface area contributed by atoms with E-state index in [2.05, 4.69) is 26.4 Å². The fraction of sp³-hybridized carbons (Fsp3) is 0.400. The molecule has 0 radical (unpaired) electrons. The fourth-order valence-electron chi connectivity index (χ4n) is 1.42. The number of H-pyrrole nitrogens is 1. The molecule has 0 aliphatic carbocycles. The van der Waals surface area contributed by atoms with Crippen LogP contribution in [-0.2, 0) is 6.54 Å². The molecule has 14 heavy (non-hydrogen) atoms. The number of hydrogen-bond donors (Lipinski definition) is 1. The van der Waals surface area contributed by atoms with Gasteiger partial charge in [0.25, 0.3) is 0 Å². The maximum absolute atomic E-state index is 4.28. The first kappa shape index (κ1) is 8.99. The number of nitrogens with zero attached hydrogens (tertiary/aromatic N) is 3. The van der Waals surface area contributed by atoms with Crippen molar-refractivity contribution in [2.75, 3.05) is 0 Å². The second-order valence-corrected chi connectivity index (χ2v) is 3.24. The molecule has 2 aromatic rings. The van der Waals surface area contributed by atoms with Crippen molar-refractivity contribution in [3.8, 4) is 11.6 Å². The largest absolute Gasteiger partial charge is 0.342 e. The summed E-state index contributed by atoms with van der Waals surface area (Å²) in [7, 11) is 0. The molecule has 0 aromatic carbocycles. The first-order chi connectivity index (χ1) is 6.92. The third kappa shape index (κ3) is 1.69. The lowest BCUT2D eigenvalue weighted by molar-refractivity contribution is 0.635. The van der Waals surface area contributed by atoms with Crippen molar-refractivity contribution in [2.24, 2.45) is 0 Å². The Balaban J connectivity index is 2.22. The van der Waals surface area contributed by atoms with Gasteiger partial charge in [-0.1, -0.05) is 13.3 Å². The van der Waals surface area contributed by atoms with Crippen molar-refractivity contribution < 1.29 is 0 Å². The molecule has 1 N–H and O–H groups in total. The van der Waals surface area contributed by atoms with Gasteiger partial charge in [-0.2, -0.15) is 0 Å². The molecular formula is C10H14N4. The minimum absolute atomic E-state index is 0.839. The summed E-state index contributed by atoms with van der Waals surface area (Å²) in [6.45, 7) is 3.19. The number of rotatable bonds is 4. The van der Waals surface area contributed by atoms with Crippen LogP contribution in [-0.4, -0.2) is 19.5 Å². The van der Waals surface area contributed by atoms with E-state index in [1.807, 2.05) is 18.6 Å². The second kappa shape index (κ2) is 4.09. The quantitative estimate of drug-likeness (QED) is 0.802. The van der Waals surface area contributed by atoms with E-state index in [1.165, 1.54) is 12.8 Å². The average Bonchev–Trinajstić information content (AvgIpc) is 2.84. The summed E-state index contributed by atoms with van der Waals surface area (Å²) in [4.78, 5) is 11.5. The Morgan fingerprint density at radius 3 is 3.00 bits per heavy atom. The minimum Gasteiger partial charge on any atom is -0.342 e. The normalized spacial score (nSPS) is 10.6. The summed E-state index contributed by atoms with van der Waals surface area (Å²) < 4.78 is 2.13. The maximum Gasteiger partial charge on any atom is 0.176 e. The molecule has 0 saturated heterocycles. The predicted octanol–water partition coefficient (Wildman–Crippen LogP) is 2.07. The molecule has 0 fully saturated rings. The molecule has 2 aromatic heterocycles. The molecule has 2 heterocycles. The summed E-state index contributed by atoms with van der Waals surface area (Å²) in [5, 5.41) is 0. The Morgan fingerprint density at radius 1 is 1.36 bits per heavy atom. The van der Waals surface area contributed by atoms with Gasteiger partial charge in [-0.25, -0.2) is 9.97 Å². The molecule has 0 saturated carbocycles. The van der Waals surface area contributed by atoms with Crippen LogP contribution in [0.1, 0.15) is 19.8 Å². The van der Waals surface area contributed by atoms with E-state index in [0.717, 1.165) is 18.2 Å². The monoisotopic (exact) mass is 190 g/mol. The van der Waals surface area contributed by atoms with Gasteiger partial charge >= 0.3 is 0 Å².